The van der Waals surface area contributed by atoms with Gasteiger partial charge in [0.05, 0.1) is 4.90 Å². The van der Waals surface area contributed by atoms with E-state index in [2.05, 4.69) is 31.1 Å². The Kier molecular flexibility index (Phi) is 3.29. The van der Waals surface area contributed by atoms with Crippen LogP contribution in [0, 0.1) is 0 Å². The van der Waals surface area contributed by atoms with Gasteiger partial charge in [-0.05, 0) is 35.2 Å². The van der Waals surface area contributed by atoms with Crippen molar-refractivity contribution in [3.05, 3.63) is 54.1 Å². The van der Waals surface area contributed by atoms with Crippen LogP contribution in [0.25, 0.3) is 11.0 Å². The highest BCUT2D eigenvalue weighted by atomic mass is 32.2. The highest BCUT2D eigenvalue weighted by Gasteiger charge is 2.22. The molecule has 0 saturated heterocycles. The standard InChI is InChI=1S/C16H17N3O2S/c1-16(2,3)12-8-10-13(11-9-12)22(20,21)19-15-7-5-4-6-14(15)17-18-19/h4-11H,1-3H3. The van der Waals surface area contributed by atoms with Crippen LogP contribution in [-0.2, 0) is 15.4 Å². The maximum Gasteiger partial charge on any atom is 0.284 e. The third kappa shape index (κ3) is 2.39. The second-order valence-electron chi connectivity index (χ2n) is 6.20. The molecule has 0 atom stereocenters. The zero-order chi connectivity index (χ0) is 16.0. The molecule has 0 aliphatic carbocycles. The van der Waals surface area contributed by atoms with Gasteiger partial charge in [-0.25, -0.2) is 0 Å². The van der Waals surface area contributed by atoms with Gasteiger partial charge in [-0.3, -0.25) is 0 Å². The molecule has 0 spiro atoms. The normalized spacial score (nSPS) is 12.7. The maximum atomic E-state index is 12.7. The van der Waals surface area contributed by atoms with Gasteiger partial charge in [0.2, 0.25) is 0 Å². The van der Waals surface area contributed by atoms with Crippen LogP contribution >= 0.6 is 0 Å². The molecule has 2 aromatic carbocycles. The van der Waals surface area contributed by atoms with Gasteiger partial charge in [0.25, 0.3) is 10.0 Å². The van der Waals surface area contributed by atoms with Crippen molar-refractivity contribution < 1.29 is 8.42 Å². The molecular formula is C16H17N3O2S. The SMILES string of the molecule is CC(C)(C)c1ccc(S(=O)(=O)n2nnc3ccccc32)cc1. The molecule has 0 unspecified atom stereocenters. The van der Waals surface area contributed by atoms with Gasteiger partial charge in [0.15, 0.2) is 0 Å². The number of aromatic nitrogens is 3. The van der Waals surface area contributed by atoms with E-state index in [4.69, 9.17) is 0 Å². The Morgan fingerprint density at radius 3 is 2.23 bits per heavy atom. The Morgan fingerprint density at radius 1 is 0.955 bits per heavy atom. The number of rotatable bonds is 2. The summed E-state index contributed by atoms with van der Waals surface area (Å²) in [5.41, 5.74) is 2.08. The average molecular weight is 315 g/mol. The molecule has 0 radical (unpaired) electrons. The van der Waals surface area contributed by atoms with Crippen molar-refractivity contribution >= 4 is 21.1 Å². The van der Waals surface area contributed by atoms with Crippen LogP contribution in [0.15, 0.2) is 53.4 Å². The molecule has 1 heterocycles. The van der Waals surface area contributed by atoms with Crippen LogP contribution in [-0.4, -0.2) is 22.8 Å². The average Bonchev–Trinajstić information content (AvgIpc) is 2.91. The van der Waals surface area contributed by atoms with Gasteiger partial charge in [0, 0.05) is 0 Å². The zero-order valence-corrected chi connectivity index (χ0v) is 13.5. The molecule has 0 aliphatic rings. The molecule has 6 heteroatoms. The number of hydrogen-bond acceptors (Lipinski definition) is 4. The van der Waals surface area contributed by atoms with E-state index >= 15 is 0 Å². The van der Waals surface area contributed by atoms with Crippen LogP contribution in [0.3, 0.4) is 0 Å². The number of hydrogen-bond donors (Lipinski definition) is 0. The summed E-state index contributed by atoms with van der Waals surface area (Å²) in [6.07, 6.45) is 0. The second kappa shape index (κ2) is 4.91. The minimum absolute atomic E-state index is 0.0256. The summed E-state index contributed by atoms with van der Waals surface area (Å²) in [7, 11) is -3.74. The molecule has 1 aromatic heterocycles. The summed E-state index contributed by atoms with van der Waals surface area (Å²) in [4.78, 5) is 0.205. The molecule has 3 rings (SSSR count). The largest absolute Gasteiger partial charge is 0.284 e. The first kappa shape index (κ1) is 14.7. The molecule has 114 valence electrons. The van der Waals surface area contributed by atoms with Crippen molar-refractivity contribution in [2.45, 2.75) is 31.1 Å². The minimum atomic E-state index is -3.74. The monoisotopic (exact) mass is 315 g/mol. The predicted molar refractivity (Wildman–Crippen MR) is 85.3 cm³/mol. The smallest absolute Gasteiger partial charge is 0.199 e. The van der Waals surface area contributed by atoms with E-state index in [1.165, 1.54) is 0 Å². The second-order valence-corrected chi connectivity index (χ2v) is 7.97. The Balaban J connectivity index is 2.10. The van der Waals surface area contributed by atoms with Crippen LogP contribution < -0.4 is 0 Å². The Labute approximate surface area is 129 Å². The van der Waals surface area contributed by atoms with Gasteiger partial charge >= 0.3 is 0 Å². The lowest BCUT2D eigenvalue weighted by Crippen LogP contribution is -2.16. The molecule has 0 amide bonds. The van der Waals surface area contributed by atoms with Crippen LogP contribution in [0.4, 0.5) is 0 Å². The lowest BCUT2D eigenvalue weighted by molar-refractivity contribution is 0.576. The van der Waals surface area contributed by atoms with E-state index in [1.54, 1.807) is 36.4 Å². The topological polar surface area (TPSA) is 64.8 Å². The Bertz CT molecular complexity index is 920. The minimum Gasteiger partial charge on any atom is -0.199 e. The number of nitrogens with zero attached hydrogens (tertiary/aromatic N) is 3. The molecular weight excluding hydrogens is 298 g/mol. The van der Waals surface area contributed by atoms with E-state index in [1.807, 2.05) is 12.1 Å². The van der Waals surface area contributed by atoms with E-state index in [-0.39, 0.29) is 10.3 Å². The Morgan fingerprint density at radius 2 is 1.59 bits per heavy atom. The highest BCUT2D eigenvalue weighted by Crippen LogP contribution is 2.25. The van der Waals surface area contributed by atoms with Crippen LogP contribution in [0.2, 0.25) is 0 Å². The number of para-hydroxylation sites is 1. The molecule has 0 bridgehead atoms. The first-order valence-corrected chi connectivity index (χ1v) is 8.41. The van der Waals surface area contributed by atoms with Gasteiger partial charge < -0.3 is 0 Å². The fourth-order valence-electron chi connectivity index (χ4n) is 2.25. The van der Waals surface area contributed by atoms with E-state index < -0.39 is 10.0 Å². The maximum absolute atomic E-state index is 12.7. The van der Waals surface area contributed by atoms with Crippen LogP contribution in [0.1, 0.15) is 26.3 Å². The summed E-state index contributed by atoms with van der Waals surface area (Å²) >= 11 is 0. The summed E-state index contributed by atoms with van der Waals surface area (Å²) in [6, 6.07) is 13.9. The van der Waals surface area contributed by atoms with E-state index in [0.717, 1.165) is 9.65 Å². The van der Waals surface area contributed by atoms with E-state index in [0.29, 0.717) is 11.0 Å². The molecule has 5 nitrogen and oxygen atoms in total. The van der Waals surface area contributed by atoms with Crippen molar-refractivity contribution in [1.82, 2.24) is 14.4 Å². The van der Waals surface area contributed by atoms with Gasteiger partial charge in [0.1, 0.15) is 11.0 Å². The molecule has 0 saturated carbocycles. The van der Waals surface area contributed by atoms with Crippen LogP contribution in [0.5, 0.6) is 0 Å². The summed E-state index contributed by atoms with van der Waals surface area (Å²) in [6.45, 7) is 6.25. The molecule has 3 aromatic rings. The van der Waals surface area contributed by atoms with Gasteiger partial charge in [-0.15, -0.1) is 9.19 Å². The van der Waals surface area contributed by atoms with Crippen molar-refractivity contribution in [2.24, 2.45) is 0 Å². The predicted octanol–water partition coefficient (Wildman–Crippen LogP) is 2.97. The third-order valence-corrected chi connectivity index (χ3v) is 5.16. The van der Waals surface area contributed by atoms with Gasteiger partial charge in [-0.2, -0.15) is 8.42 Å². The van der Waals surface area contributed by atoms with Crippen molar-refractivity contribution in [2.75, 3.05) is 0 Å². The summed E-state index contributed by atoms with van der Waals surface area (Å²) < 4.78 is 26.4. The third-order valence-electron chi connectivity index (χ3n) is 3.57. The quantitative estimate of drug-likeness (QED) is 0.729. The zero-order valence-electron chi connectivity index (χ0n) is 12.7. The lowest BCUT2D eigenvalue weighted by Gasteiger charge is -2.19. The van der Waals surface area contributed by atoms with Gasteiger partial charge in [-0.1, -0.05) is 50.3 Å². The van der Waals surface area contributed by atoms with Crippen molar-refractivity contribution in [1.29, 1.82) is 0 Å². The number of benzene rings is 2. The van der Waals surface area contributed by atoms with E-state index in [9.17, 15) is 8.42 Å². The fourth-order valence-corrected chi connectivity index (χ4v) is 3.48. The molecule has 0 aliphatic heterocycles. The molecule has 22 heavy (non-hydrogen) atoms. The summed E-state index contributed by atoms with van der Waals surface area (Å²) in [5.74, 6) is 0. The fraction of sp³-hybridized carbons (Fsp3) is 0.250. The molecule has 0 N–H and O–H groups in total. The van der Waals surface area contributed by atoms with Crippen molar-refractivity contribution in [3.63, 3.8) is 0 Å². The first-order chi connectivity index (χ1) is 10.3. The molecule has 0 fully saturated rings. The Hall–Kier alpha value is -2.21. The van der Waals surface area contributed by atoms with Crippen molar-refractivity contribution in [3.8, 4) is 0 Å². The highest BCUT2D eigenvalue weighted by molar-refractivity contribution is 7.90. The lowest BCUT2D eigenvalue weighted by atomic mass is 9.87. The number of fused-ring (bicyclic) bond motifs is 1. The first-order valence-electron chi connectivity index (χ1n) is 6.97. The summed E-state index contributed by atoms with van der Waals surface area (Å²) in [5, 5.41) is 7.69.